The molecule has 29 heavy (non-hydrogen) atoms. The third-order valence-corrected chi connectivity index (χ3v) is 7.11. The van der Waals surface area contributed by atoms with Crippen molar-refractivity contribution in [1.29, 1.82) is 0 Å². The molecule has 0 bridgehead atoms. The molecule has 1 aromatic carbocycles. The quantitative estimate of drug-likeness (QED) is 0.579. The lowest BCUT2D eigenvalue weighted by Crippen LogP contribution is -2.27. The van der Waals surface area contributed by atoms with Gasteiger partial charge in [-0.1, -0.05) is 12.1 Å². The molecular weight excluding hydrogens is 387 g/mol. The summed E-state index contributed by atoms with van der Waals surface area (Å²) in [6.45, 7) is 2.69. The summed E-state index contributed by atoms with van der Waals surface area (Å²) in [4.78, 5) is 25.7. The normalized spacial score (nSPS) is 21.8. The number of carbonyl (C=O) groups excluding carboxylic acids is 1. The Balaban J connectivity index is 1.35. The SMILES string of the molecule is O=CC1c2c(N3CCC(CF)C3)ccnc2CN1CCc1nc2ccccc2s1. The van der Waals surface area contributed by atoms with E-state index in [2.05, 4.69) is 20.9 Å². The second-order valence-corrected chi connectivity index (χ2v) is 8.94. The van der Waals surface area contributed by atoms with Crippen molar-refractivity contribution in [3.05, 3.63) is 52.8 Å². The summed E-state index contributed by atoms with van der Waals surface area (Å²) in [6, 6.07) is 9.84. The van der Waals surface area contributed by atoms with Crippen molar-refractivity contribution >= 4 is 33.5 Å². The largest absolute Gasteiger partial charge is 0.371 e. The van der Waals surface area contributed by atoms with E-state index in [1.165, 1.54) is 4.70 Å². The predicted molar refractivity (Wildman–Crippen MR) is 113 cm³/mol. The zero-order chi connectivity index (χ0) is 19.8. The van der Waals surface area contributed by atoms with Crippen molar-refractivity contribution in [2.45, 2.75) is 25.4 Å². The Kier molecular flexibility index (Phi) is 5.01. The number of aldehydes is 1. The Bertz CT molecular complexity index is 1010. The molecule has 0 amide bonds. The Morgan fingerprint density at radius 1 is 1.28 bits per heavy atom. The molecule has 1 fully saturated rings. The number of rotatable bonds is 6. The molecule has 2 aliphatic heterocycles. The Hall–Kier alpha value is -2.38. The maximum Gasteiger partial charge on any atom is 0.141 e. The van der Waals surface area contributed by atoms with Crippen LogP contribution in [0.4, 0.5) is 10.1 Å². The minimum atomic E-state index is -0.299. The molecule has 0 radical (unpaired) electrons. The number of fused-ring (bicyclic) bond motifs is 2. The molecule has 2 aromatic heterocycles. The van der Waals surface area contributed by atoms with Crippen molar-refractivity contribution < 1.29 is 9.18 Å². The van der Waals surface area contributed by atoms with Gasteiger partial charge in [0.05, 0.1) is 33.6 Å². The van der Waals surface area contributed by atoms with Crippen molar-refractivity contribution in [3.8, 4) is 0 Å². The Labute approximate surface area is 173 Å². The first-order valence-corrected chi connectivity index (χ1v) is 10.9. The number of hydrogen-bond donors (Lipinski definition) is 0. The van der Waals surface area contributed by atoms with Gasteiger partial charge in [0.25, 0.3) is 0 Å². The summed E-state index contributed by atoms with van der Waals surface area (Å²) in [5, 5.41) is 1.09. The van der Waals surface area contributed by atoms with E-state index < -0.39 is 0 Å². The topological polar surface area (TPSA) is 49.3 Å². The third kappa shape index (κ3) is 3.42. The molecule has 5 nitrogen and oxygen atoms in total. The van der Waals surface area contributed by atoms with Crippen LogP contribution in [0, 0.1) is 5.92 Å². The zero-order valence-electron chi connectivity index (χ0n) is 16.1. The highest BCUT2D eigenvalue weighted by molar-refractivity contribution is 7.18. The van der Waals surface area contributed by atoms with Gasteiger partial charge in [0.1, 0.15) is 6.29 Å². The molecule has 150 valence electrons. The van der Waals surface area contributed by atoms with E-state index in [9.17, 15) is 9.18 Å². The number of pyridine rings is 1. The molecule has 0 aliphatic carbocycles. The minimum Gasteiger partial charge on any atom is -0.371 e. The lowest BCUT2D eigenvalue weighted by molar-refractivity contribution is -0.112. The van der Waals surface area contributed by atoms with Gasteiger partial charge in [-0.2, -0.15) is 0 Å². The predicted octanol–water partition coefficient (Wildman–Crippen LogP) is 3.79. The minimum absolute atomic E-state index is 0.0880. The second kappa shape index (κ2) is 7.80. The molecule has 0 saturated carbocycles. The van der Waals surface area contributed by atoms with Gasteiger partial charge in [0.15, 0.2) is 0 Å². The van der Waals surface area contributed by atoms with Crippen LogP contribution >= 0.6 is 11.3 Å². The zero-order valence-corrected chi connectivity index (χ0v) is 16.9. The number of nitrogens with zero attached hydrogens (tertiary/aromatic N) is 4. The highest BCUT2D eigenvalue weighted by Crippen LogP contribution is 2.39. The third-order valence-electron chi connectivity index (χ3n) is 6.02. The van der Waals surface area contributed by atoms with Crippen LogP contribution in [0.5, 0.6) is 0 Å². The second-order valence-electron chi connectivity index (χ2n) is 7.82. The van der Waals surface area contributed by atoms with Crippen LogP contribution in [0.15, 0.2) is 36.5 Å². The number of para-hydroxylation sites is 1. The van der Waals surface area contributed by atoms with E-state index in [1.807, 2.05) is 30.5 Å². The van der Waals surface area contributed by atoms with Crippen molar-refractivity contribution in [1.82, 2.24) is 14.9 Å². The molecule has 5 rings (SSSR count). The molecule has 3 aromatic rings. The van der Waals surface area contributed by atoms with Crippen LogP contribution in [0.1, 0.15) is 28.7 Å². The van der Waals surface area contributed by atoms with Gasteiger partial charge in [0, 0.05) is 56.0 Å². The van der Waals surface area contributed by atoms with Gasteiger partial charge < -0.3 is 9.69 Å². The highest BCUT2D eigenvalue weighted by atomic mass is 32.1. The molecule has 2 aliphatic rings. The molecule has 2 unspecified atom stereocenters. The molecule has 0 N–H and O–H groups in total. The van der Waals surface area contributed by atoms with Crippen LogP contribution in [0.25, 0.3) is 10.2 Å². The van der Waals surface area contributed by atoms with Gasteiger partial charge >= 0.3 is 0 Å². The van der Waals surface area contributed by atoms with Gasteiger partial charge in [-0.05, 0) is 24.6 Å². The van der Waals surface area contributed by atoms with Crippen molar-refractivity contribution in [2.24, 2.45) is 5.92 Å². The molecule has 1 saturated heterocycles. The lowest BCUT2D eigenvalue weighted by Gasteiger charge is -2.24. The van der Waals surface area contributed by atoms with E-state index >= 15 is 0 Å². The maximum absolute atomic E-state index is 13.1. The van der Waals surface area contributed by atoms with Gasteiger partial charge in [-0.15, -0.1) is 11.3 Å². The lowest BCUT2D eigenvalue weighted by atomic mass is 10.1. The van der Waals surface area contributed by atoms with Crippen molar-refractivity contribution in [2.75, 3.05) is 31.2 Å². The molecule has 2 atom stereocenters. The van der Waals surface area contributed by atoms with Crippen LogP contribution in [-0.2, 0) is 17.8 Å². The summed E-state index contributed by atoms with van der Waals surface area (Å²) >= 11 is 1.71. The standard InChI is InChI=1S/C22H23FN4OS/c23-11-15-6-9-26(12-15)18-5-8-24-17-13-27(19(14-28)22(17)18)10-7-21-25-16-3-1-2-4-20(16)29-21/h1-5,8,14-15,19H,6-7,9-13H2. The molecule has 0 spiro atoms. The summed E-state index contributed by atoms with van der Waals surface area (Å²) in [5.41, 5.74) is 4.05. The fourth-order valence-electron chi connectivity index (χ4n) is 4.52. The van der Waals surface area contributed by atoms with Crippen LogP contribution in [0.2, 0.25) is 0 Å². The van der Waals surface area contributed by atoms with E-state index in [1.54, 1.807) is 11.3 Å². The van der Waals surface area contributed by atoms with Crippen LogP contribution in [0.3, 0.4) is 0 Å². The average Bonchev–Trinajstić information content (AvgIpc) is 3.47. The first kappa shape index (κ1) is 18.6. The fourth-order valence-corrected chi connectivity index (χ4v) is 5.47. The van der Waals surface area contributed by atoms with Crippen LogP contribution in [-0.4, -0.2) is 47.5 Å². The number of benzene rings is 1. The van der Waals surface area contributed by atoms with E-state index in [4.69, 9.17) is 4.98 Å². The first-order chi connectivity index (χ1) is 14.3. The van der Waals surface area contributed by atoms with Gasteiger partial charge in [-0.3, -0.25) is 14.3 Å². The van der Waals surface area contributed by atoms with E-state index in [-0.39, 0.29) is 18.6 Å². The summed E-state index contributed by atoms with van der Waals surface area (Å²) in [5.74, 6) is 0.0880. The number of carbonyl (C=O) groups is 1. The Morgan fingerprint density at radius 2 is 2.17 bits per heavy atom. The summed E-state index contributed by atoms with van der Waals surface area (Å²) < 4.78 is 14.3. The van der Waals surface area contributed by atoms with E-state index in [0.29, 0.717) is 13.1 Å². The molecule has 7 heteroatoms. The summed E-state index contributed by atoms with van der Waals surface area (Å²) in [7, 11) is 0. The first-order valence-electron chi connectivity index (χ1n) is 10.1. The number of aromatic nitrogens is 2. The Morgan fingerprint density at radius 3 is 2.97 bits per heavy atom. The van der Waals surface area contributed by atoms with Crippen molar-refractivity contribution in [3.63, 3.8) is 0 Å². The number of halogens is 1. The maximum atomic E-state index is 13.1. The number of hydrogen-bond acceptors (Lipinski definition) is 6. The molecule has 4 heterocycles. The highest BCUT2D eigenvalue weighted by Gasteiger charge is 2.35. The number of alkyl halides is 1. The molecular formula is C22H23FN4OS. The van der Waals surface area contributed by atoms with E-state index in [0.717, 1.165) is 59.7 Å². The summed E-state index contributed by atoms with van der Waals surface area (Å²) in [6.07, 6.45) is 4.51. The number of anilines is 1. The monoisotopic (exact) mass is 410 g/mol. The van der Waals surface area contributed by atoms with Gasteiger partial charge in [0.2, 0.25) is 0 Å². The number of thiazole rings is 1. The van der Waals surface area contributed by atoms with Crippen LogP contribution < -0.4 is 4.90 Å². The smallest absolute Gasteiger partial charge is 0.141 e. The fraction of sp³-hybridized carbons (Fsp3) is 0.409. The van der Waals surface area contributed by atoms with Gasteiger partial charge in [-0.25, -0.2) is 4.98 Å². The average molecular weight is 411 g/mol.